The first-order valence-electron chi connectivity index (χ1n) is 8.28. The lowest BCUT2D eigenvalue weighted by molar-refractivity contribution is -0.137. The molecule has 0 aliphatic carbocycles. The van der Waals surface area contributed by atoms with Gasteiger partial charge in [0.25, 0.3) is 5.56 Å². The van der Waals surface area contributed by atoms with Gasteiger partial charge in [-0.1, -0.05) is 42.0 Å². The Morgan fingerprint density at radius 1 is 1.07 bits per heavy atom. The fourth-order valence-corrected chi connectivity index (χ4v) is 2.98. The molecule has 1 aromatic heterocycles. The Morgan fingerprint density at radius 3 is 2.39 bits per heavy atom. The first-order chi connectivity index (χ1) is 13.2. The molecule has 3 aromatic rings. The number of rotatable bonds is 3. The predicted octanol–water partition coefficient (Wildman–Crippen LogP) is 4.90. The zero-order valence-electron chi connectivity index (χ0n) is 14.7. The minimum absolute atomic E-state index is 0.0386. The summed E-state index contributed by atoms with van der Waals surface area (Å²) in [6.45, 7) is 1.46. The second-order valence-electron chi connectivity index (χ2n) is 6.28. The van der Waals surface area contributed by atoms with Crippen LogP contribution in [0.25, 0.3) is 11.3 Å². The molecular formula is C21H14F4N2O. The van der Waals surface area contributed by atoms with Gasteiger partial charge in [-0.15, -0.1) is 0 Å². The van der Waals surface area contributed by atoms with E-state index in [2.05, 4.69) is 0 Å². The van der Waals surface area contributed by atoms with E-state index in [1.54, 1.807) is 37.3 Å². The Hall–Kier alpha value is -3.40. The van der Waals surface area contributed by atoms with Crippen molar-refractivity contribution < 1.29 is 17.6 Å². The number of aromatic nitrogens is 1. The van der Waals surface area contributed by atoms with Crippen molar-refractivity contribution in [2.75, 3.05) is 0 Å². The van der Waals surface area contributed by atoms with Gasteiger partial charge in [0.2, 0.25) is 0 Å². The van der Waals surface area contributed by atoms with Crippen LogP contribution >= 0.6 is 0 Å². The smallest absolute Gasteiger partial charge is 0.303 e. The third-order valence-corrected chi connectivity index (χ3v) is 4.32. The molecule has 28 heavy (non-hydrogen) atoms. The zero-order valence-corrected chi connectivity index (χ0v) is 14.7. The number of hydrogen-bond donors (Lipinski definition) is 0. The first kappa shape index (κ1) is 19.4. The molecule has 0 amide bonds. The maximum Gasteiger partial charge on any atom is 0.417 e. The van der Waals surface area contributed by atoms with E-state index >= 15 is 0 Å². The summed E-state index contributed by atoms with van der Waals surface area (Å²) >= 11 is 0. The van der Waals surface area contributed by atoms with Crippen molar-refractivity contribution in [1.82, 2.24) is 4.57 Å². The summed E-state index contributed by atoms with van der Waals surface area (Å²) in [6.07, 6.45) is -4.88. The molecule has 0 aliphatic rings. The summed E-state index contributed by atoms with van der Waals surface area (Å²) in [5.74, 6) is -0.594. The van der Waals surface area contributed by atoms with Crippen LogP contribution in [0.5, 0.6) is 0 Å². The third-order valence-electron chi connectivity index (χ3n) is 4.32. The Balaban J connectivity index is 2.35. The molecule has 0 spiro atoms. The lowest BCUT2D eigenvalue weighted by Crippen LogP contribution is -2.29. The minimum Gasteiger partial charge on any atom is -0.303 e. The molecule has 0 aliphatic heterocycles. The quantitative estimate of drug-likeness (QED) is 0.601. The second kappa shape index (κ2) is 7.31. The Morgan fingerprint density at radius 2 is 1.79 bits per heavy atom. The molecule has 0 atom stereocenters. The standard InChI is InChI=1S/C21H14F4N2O/c1-13-5-4-7-14(9-13)19-10-17(21(23,24)25)16(11-26)20(28)27(19)12-15-6-2-3-8-18(15)22/h2-10H,12H2,1H3. The van der Waals surface area contributed by atoms with Crippen molar-refractivity contribution in [2.24, 2.45) is 0 Å². The molecule has 7 heteroatoms. The average Bonchev–Trinajstić information content (AvgIpc) is 2.63. The van der Waals surface area contributed by atoms with E-state index in [0.717, 1.165) is 16.2 Å². The highest BCUT2D eigenvalue weighted by atomic mass is 19.4. The van der Waals surface area contributed by atoms with E-state index in [0.29, 0.717) is 5.56 Å². The van der Waals surface area contributed by atoms with Crippen molar-refractivity contribution >= 4 is 0 Å². The summed E-state index contributed by atoms with van der Waals surface area (Å²) in [5.41, 5.74) is -2.20. The summed E-state index contributed by atoms with van der Waals surface area (Å²) in [7, 11) is 0. The van der Waals surface area contributed by atoms with Crippen molar-refractivity contribution in [2.45, 2.75) is 19.6 Å². The van der Waals surface area contributed by atoms with Gasteiger partial charge in [-0.05, 0) is 30.7 Å². The fraction of sp³-hybridized carbons (Fsp3) is 0.143. The largest absolute Gasteiger partial charge is 0.417 e. The molecule has 2 aromatic carbocycles. The third kappa shape index (κ3) is 3.67. The van der Waals surface area contributed by atoms with Crippen molar-refractivity contribution in [3.05, 3.63) is 93.0 Å². The van der Waals surface area contributed by atoms with Gasteiger partial charge in [-0.25, -0.2) is 4.39 Å². The number of nitriles is 1. The number of aryl methyl sites for hydroxylation is 1. The van der Waals surface area contributed by atoms with E-state index in [-0.39, 0.29) is 17.8 Å². The number of nitrogens with zero attached hydrogens (tertiary/aromatic N) is 2. The topological polar surface area (TPSA) is 45.8 Å². The SMILES string of the molecule is Cc1cccc(-c2cc(C(F)(F)F)c(C#N)c(=O)n2Cc2ccccc2F)c1. The average molecular weight is 386 g/mol. The molecule has 3 rings (SSSR count). The molecule has 1 heterocycles. The molecule has 0 radical (unpaired) electrons. The lowest BCUT2D eigenvalue weighted by atomic mass is 10.0. The number of halogens is 4. The summed E-state index contributed by atoms with van der Waals surface area (Å²) in [6, 6.07) is 14.4. The number of alkyl halides is 3. The van der Waals surface area contributed by atoms with Gasteiger partial charge >= 0.3 is 6.18 Å². The maximum absolute atomic E-state index is 14.1. The van der Waals surface area contributed by atoms with Crippen LogP contribution in [0.3, 0.4) is 0 Å². The van der Waals surface area contributed by atoms with Crippen molar-refractivity contribution in [3.63, 3.8) is 0 Å². The van der Waals surface area contributed by atoms with E-state index in [1.807, 2.05) is 0 Å². The van der Waals surface area contributed by atoms with Gasteiger partial charge in [0, 0.05) is 5.56 Å². The number of benzene rings is 2. The molecule has 0 unspecified atom stereocenters. The van der Waals surface area contributed by atoms with E-state index in [9.17, 15) is 27.6 Å². The Kier molecular flexibility index (Phi) is 5.06. The predicted molar refractivity (Wildman–Crippen MR) is 96.1 cm³/mol. The van der Waals surface area contributed by atoms with Crippen LogP contribution < -0.4 is 5.56 Å². The molecule has 0 bridgehead atoms. The van der Waals surface area contributed by atoms with Crippen LogP contribution in [0.15, 0.2) is 59.4 Å². The van der Waals surface area contributed by atoms with Crippen molar-refractivity contribution in [1.29, 1.82) is 5.26 Å². The van der Waals surface area contributed by atoms with Crippen LogP contribution in [-0.2, 0) is 12.7 Å². The second-order valence-corrected chi connectivity index (χ2v) is 6.28. The number of hydrogen-bond acceptors (Lipinski definition) is 2. The fourth-order valence-electron chi connectivity index (χ4n) is 2.98. The van der Waals surface area contributed by atoms with E-state index in [1.165, 1.54) is 24.3 Å². The Bertz CT molecular complexity index is 1140. The van der Waals surface area contributed by atoms with Gasteiger partial charge in [-0.2, -0.15) is 18.4 Å². The highest BCUT2D eigenvalue weighted by molar-refractivity contribution is 5.63. The Labute approximate surface area is 158 Å². The lowest BCUT2D eigenvalue weighted by Gasteiger charge is -2.18. The normalized spacial score (nSPS) is 11.3. The van der Waals surface area contributed by atoms with Crippen LogP contribution in [0.2, 0.25) is 0 Å². The van der Waals surface area contributed by atoms with Gasteiger partial charge in [0.05, 0.1) is 17.8 Å². The summed E-state index contributed by atoms with van der Waals surface area (Å²) in [5, 5.41) is 9.18. The first-order valence-corrected chi connectivity index (χ1v) is 8.28. The molecule has 3 nitrogen and oxygen atoms in total. The molecule has 142 valence electrons. The van der Waals surface area contributed by atoms with Gasteiger partial charge in [0.1, 0.15) is 17.4 Å². The number of pyridine rings is 1. The van der Waals surface area contributed by atoms with Crippen LogP contribution in [0.1, 0.15) is 22.3 Å². The minimum atomic E-state index is -4.88. The van der Waals surface area contributed by atoms with Crippen LogP contribution in [0.4, 0.5) is 17.6 Å². The molecule has 0 N–H and O–H groups in total. The van der Waals surface area contributed by atoms with E-state index < -0.39 is 28.7 Å². The van der Waals surface area contributed by atoms with Crippen molar-refractivity contribution in [3.8, 4) is 17.3 Å². The highest BCUT2D eigenvalue weighted by Crippen LogP contribution is 2.34. The van der Waals surface area contributed by atoms with Gasteiger partial charge in [0.15, 0.2) is 0 Å². The molecule has 0 fully saturated rings. The van der Waals surface area contributed by atoms with Gasteiger partial charge in [-0.3, -0.25) is 4.79 Å². The monoisotopic (exact) mass is 386 g/mol. The summed E-state index contributed by atoms with van der Waals surface area (Å²) < 4.78 is 55.5. The van der Waals surface area contributed by atoms with Crippen LogP contribution in [0, 0.1) is 24.1 Å². The molecule has 0 saturated carbocycles. The zero-order chi connectivity index (χ0) is 20.5. The maximum atomic E-state index is 14.1. The van der Waals surface area contributed by atoms with E-state index in [4.69, 9.17) is 0 Å². The van der Waals surface area contributed by atoms with Crippen LogP contribution in [-0.4, -0.2) is 4.57 Å². The van der Waals surface area contributed by atoms with Gasteiger partial charge < -0.3 is 4.57 Å². The molecular weight excluding hydrogens is 372 g/mol. The summed E-state index contributed by atoms with van der Waals surface area (Å²) in [4.78, 5) is 12.8. The molecule has 0 saturated heterocycles. The highest BCUT2D eigenvalue weighted by Gasteiger charge is 2.36.